The molecule has 1 aromatic carbocycles. The number of ether oxygens (including phenoxy) is 1. The van der Waals surface area contributed by atoms with Crippen LogP contribution in [0, 0.1) is 0 Å². The molecule has 2 aromatic heterocycles. The minimum atomic E-state index is 0.0857. The number of rotatable bonds is 5. The number of nitrogen functional groups attached to an aromatic ring is 1. The topological polar surface area (TPSA) is 119 Å². The molecule has 0 spiro atoms. The van der Waals surface area contributed by atoms with E-state index < -0.39 is 0 Å². The van der Waals surface area contributed by atoms with Crippen molar-refractivity contribution in [3.63, 3.8) is 0 Å². The summed E-state index contributed by atoms with van der Waals surface area (Å²) in [5.74, 6) is 1.00. The molecule has 26 heavy (non-hydrogen) atoms. The second kappa shape index (κ2) is 6.56. The molecule has 4 rings (SSSR count). The second-order valence-corrected chi connectivity index (χ2v) is 5.88. The molecule has 0 aliphatic carbocycles. The quantitative estimate of drug-likeness (QED) is 0.713. The van der Waals surface area contributed by atoms with Crippen molar-refractivity contribution < 1.29 is 9.26 Å². The number of anilines is 4. The summed E-state index contributed by atoms with van der Waals surface area (Å²) in [6.07, 6.45) is 0.185. The van der Waals surface area contributed by atoms with Crippen LogP contribution in [0.5, 0.6) is 0 Å². The highest BCUT2D eigenvalue weighted by molar-refractivity contribution is 5.59. The minimum absolute atomic E-state index is 0.0857. The van der Waals surface area contributed by atoms with E-state index in [2.05, 4.69) is 25.1 Å². The molecule has 1 saturated heterocycles. The van der Waals surface area contributed by atoms with Gasteiger partial charge in [0.25, 0.3) is 0 Å². The summed E-state index contributed by atoms with van der Waals surface area (Å²) >= 11 is 0. The summed E-state index contributed by atoms with van der Waals surface area (Å²) in [7, 11) is 3.53. The Morgan fingerprint density at radius 2 is 1.88 bits per heavy atom. The Kier molecular flexibility index (Phi) is 4.09. The molecular weight excluding hydrogens is 336 g/mol. The van der Waals surface area contributed by atoms with Gasteiger partial charge in [-0.3, -0.25) is 0 Å². The number of nitrogens with zero attached hydrogens (tertiary/aromatic N) is 7. The molecule has 0 saturated carbocycles. The summed E-state index contributed by atoms with van der Waals surface area (Å²) in [5.41, 5.74) is 6.77. The van der Waals surface area contributed by atoms with Gasteiger partial charge in [0.15, 0.2) is 0 Å². The Morgan fingerprint density at radius 3 is 2.62 bits per heavy atom. The molecule has 2 N–H and O–H groups in total. The first-order chi connectivity index (χ1) is 12.6. The van der Waals surface area contributed by atoms with Gasteiger partial charge in [0.2, 0.25) is 23.5 Å². The van der Waals surface area contributed by atoms with Gasteiger partial charge >= 0.3 is 6.01 Å². The number of nitrogens with two attached hydrogens (primary N) is 1. The van der Waals surface area contributed by atoms with E-state index in [1.807, 2.05) is 42.3 Å². The largest absolute Gasteiger partial charge is 0.378 e. The lowest BCUT2D eigenvalue weighted by Gasteiger charge is -2.36. The van der Waals surface area contributed by atoms with Crippen molar-refractivity contribution in [1.29, 1.82) is 0 Å². The van der Waals surface area contributed by atoms with Crippen LogP contribution in [0.2, 0.25) is 0 Å². The lowest BCUT2D eigenvalue weighted by Crippen LogP contribution is -2.52. The summed E-state index contributed by atoms with van der Waals surface area (Å²) in [6.45, 7) is 1.42. The van der Waals surface area contributed by atoms with Gasteiger partial charge < -0.3 is 24.8 Å². The van der Waals surface area contributed by atoms with Crippen LogP contribution in [0.1, 0.15) is 0 Å². The molecule has 134 valence electrons. The molecule has 0 atom stereocenters. The average molecular weight is 354 g/mol. The molecular formula is C16H18N8O2. The molecule has 10 heteroatoms. The van der Waals surface area contributed by atoms with E-state index in [0.717, 1.165) is 5.69 Å². The number of benzene rings is 1. The molecule has 0 bridgehead atoms. The fourth-order valence-electron chi connectivity index (χ4n) is 2.58. The third kappa shape index (κ3) is 3.02. The highest BCUT2D eigenvalue weighted by Gasteiger charge is 2.31. The average Bonchev–Trinajstić information content (AvgIpc) is 3.10. The van der Waals surface area contributed by atoms with Crippen LogP contribution in [0.4, 0.5) is 23.6 Å². The van der Waals surface area contributed by atoms with Crippen LogP contribution in [0.3, 0.4) is 0 Å². The normalized spacial score (nSPS) is 14.3. The van der Waals surface area contributed by atoms with E-state index in [-0.39, 0.29) is 23.7 Å². The van der Waals surface area contributed by atoms with Crippen LogP contribution >= 0.6 is 0 Å². The summed E-state index contributed by atoms with van der Waals surface area (Å²) in [5, 5.41) is 3.96. The Balaban J connectivity index is 1.60. The monoisotopic (exact) mass is 354 g/mol. The first-order valence-corrected chi connectivity index (χ1v) is 8.06. The molecule has 1 aliphatic heterocycles. The van der Waals surface area contributed by atoms with E-state index in [1.165, 1.54) is 0 Å². The zero-order chi connectivity index (χ0) is 18.1. The van der Waals surface area contributed by atoms with Crippen molar-refractivity contribution in [1.82, 2.24) is 25.1 Å². The molecule has 1 aliphatic rings. The van der Waals surface area contributed by atoms with Gasteiger partial charge in [0.05, 0.1) is 19.2 Å². The Hall–Kier alpha value is -3.27. The van der Waals surface area contributed by atoms with E-state index >= 15 is 0 Å². The third-order valence-corrected chi connectivity index (χ3v) is 4.15. The SMILES string of the molecule is COC1CN(c2nc(-c3nc(N)nc(N(C)c4ccccc4)n3)no2)C1. The Labute approximate surface area is 149 Å². The van der Waals surface area contributed by atoms with Crippen LogP contribution < -0.4 is 15.5 Å². The molecule has 0 unspecified atom stereocenters. The van der Waals surface area contributed by atoms with Crippen molar-refractivity contribution in [2.45, 2.75) is 6.10 Å². The lowest BCUT2D eigenvalue weighted by molar-refractivity contribution is 0.0750. The minimum Gasteiger partial charge on any atom is -0.378 e. The van der Waals surface area contributed by atoms with Crippen LogP contribution in [-0.4, -0.2) is 58.4 Å². The molecule has 1 fully saturated rings. The summed E-state index contributed by atoms with van der Waals surface area (Å²) < 4.78 is 10.5. The van der Waals surface area contributed by atoms with Gasteiger partial charge in [-0.25, -0.2) is 0 Å². The highest BCUT2D eigenvalue weighted by Crippen LogP contribution is 2.25. The molecule has 3 aromatic rings. The number of para-hydroxylation sites is 1. The molecule has 0 radical (unpaired) electrons. The van der Waals surface area contributed by atoms with Crippen LogP contribution in [0.15, 0.2) is 34.9 Å². The smallest absolute Gasteiger partial charge is 0.324 e. The Morgan fingerprint density at radius 1 is 1.12 bits per heavy atom. The summed E-state index contributed by atoms with van der Waals surface area (Å²) in [6, 6.07) is 10.1. The van der Waals surface area contributed by atoms with E-state index in [1.54, 1.807) is 12.0 Å². The third-order valence-electron chi connectivity index (χ3n) is 4.15. The number of hydrogen-bond donors (Lipinski definition) is 1. The first kappa shape index (κ1) is 16.2. The van der Waals surface area contributed by atoms with Gasteiger partial charge in [-0.15, -0.1) is 0 Å². The van der Waals surface area contributed by atoms with Crippen LogP contribution in [0.25, 0.3) is 11.6 Å². The lowest BCUT2D eigenvalue weighted by atomic mass is 10.2. The number of methoxy groups -OCH3 is 1. The molecule has 0 amide bonds. The fourth-order valence-corrected chi connectivity index (χ4v) is 2.58. The van der Waals surface area contributed by atoms with Crippen molar-refractivity contribution in [3.05, 3.63) is 30.3 Å². The van der Waals surface area contributed by atoms with Crippen molar-refractivity contribution in [3.8, 4) is 11.6 Å². The van der Waals surface area contributed by atoms with Crippen molar-refractivity contribution in [2.75, 3.05) is 42.8 Å². The highest BCUT2D eigenvalue weighted by atomic mass is 16.5. The van der Waals surface area contributed by atoms with Crippen molar-refractivity contribution in [2.24, 2.45) is 0 Å². The number of hydrogen-bond acceptors (Lipinski definition) is 10. The van der Waals surface area contributed by atoms with Gasteiger partial charge in [-0.2, -0.15) is 19.9 Å². The standard InChI is InChI=1S/C16H18N8O2/c1-23(10-6-4-3-5-7-10)15-19-12(18-14(17)21-15)13-20-16(26-22-13)24-8-11(9-24)25-2/h3-7,11H,8-9H2,1-2H3,(H2,17,18,19,21). The first-order valence-electron chi connectivity index (χ1n) is 8.06. The maximum absolute atomic E-state index is 5.85. The van der Waals surface area contributed by atoms with Gasteiger partial charge in [0, 0.05) is 19.8 Å². The predicted molar refractivity (Wildman–Crippen MR) is 95.0 cm³/mol. The zero-order valence-corrected chi connectivity index (χ0v) is 14.4. The fraction of sp³-hybridized carbons (Fsp3) is 0.312. The second-order valence-electron chi connectivity index (χ2n) is 5.88. The van der Waals surface area contributed by atoms with E-state index in [0.29, 0.717) is 25.1 Å². The van der Waals surface area contributed by atoms with Gasteiger partial charge in [-0.1, -0.05) is 23.4 Å². The maximum atomic E-state index is 5.85. The summed E-state index contributed by atoms with van der Waals surface area (Å²) in [4.78, 5) is 20.8. The Bertz CT molecular complexity index is 894. The molecule has 3 heterocycles. The predicted octanol–water partition coefficient (Wildman–Crippen LogP) is 1.11. The van der Waals surface area contributed by atoms with Gasteiger partial charge in [0.1, 0.15) is 0 Å². The van der Waals surface area contributed by atoms with Crippen LogP contribution in [-0.2, 0) is 4.74 Å². The molecule has 10 nitrogen and oxygen atoms in total. The van der Waals surface area contributed by atoms with E-state index in [9.17, 15) is 0 Å². The number of aromatic nitrogens is 5. The maximum Gasteiger partial charge on any atom is 0.324 e. The zero-order valence-electron chi connectivity index (χ0n) is 14.4. The van der Waals surface area contributed by atoms with Gasteiger partial charge in [-0.05, 0) is 12.1 Å². The van der Waals surface area contributed by atoms with E-state index in [4.69, 9.17) is 15.0 Å². The van der Waals surface area contributed by atoms with Crippen molar-refractivity contribution >= 4 is 23.6 Å².